The summed E-state index contributed by atoms with van der Waals surface area (Å²) < 4.78 is 28.2. The normalized spacial score (nSPS) is 12.5. The molecule has 2 rings (SSSR count). The van der Waals surface area contributed by atoms with Gasteiger partial charge in [-0.15, -0.1) is 0 Å². The molecule has 0 heterocycles. The topological polar surface area (TPSA) is 0 Å². The van der Waals surface area contributed by atoms with Gasteiger partial charge in [0.05, 0.1) is 9.85 Å². The Labute approximate surface area is 136 Å². The Hall–Kier alpha value is -0.160. The van der Waals surface area contributed by atoms with E-state index in [9.17, 15) is 8.78 Å². The summed E-state index contributed by atoms with van der Waals surface area (Å²) in [6, 6.07) is 6.98. The van der Waals surface area contributed by atoms with Gasteiger partial charge in [0.1, 0.15) is 11.6 Å². The molecule has 1 unspecified atom stereocenters. The standard InChI is InChI=1S/C13H6Br2Cl2F2/c14-7-5-11(19)6(4-9(7)17)13(15)12-8(16)2-1-3-10(12)18/h1-5,13H. The summed E-state index contributed by atoms with van der Waals surface area (Å²) in [6.45, 7) is 0. The summed E-state index contributed by atoms with van der Waals surface area (Å²) in [4.78, 5) is -0.716. The molecule has 0 amide bonds. The van der Waals surface area contributed by atoms with E-state index >= 15 is 0 Å². The molecule has 0 fully saturated rings. The number of benzene rings is 2. The predicted molar refractivity (Wildman–Crippen MR) is 81.3 cm³/mol. The fourth-order valence-electron chi connectivity index (χ4n) is 1.64. The predicted octanol–water partition coefficient (Wildman–Crippen LogP) is 6.52. The Morgan fingerprint density at radius 3 is 2.32 bits per heavy atom. The molecule has 2 aromatic carbocycles. The van der Waals surface area contributed by atoms with Crippen LogP contribution in [-0.4, -0.2) is 0 Å². The van der Waals surface area contributed by atoms with Crippen molar-refractivity contribution in [2.75, 3.05) is 0 Å². The number of rotatable bonds is 2. The van der Waals surface area contributed by atoms with Gasteiger partial charge in [0.25, 0.3) is 0 Å². The molecule has 100 valence electrons. The van der Waals surface area contributed by atoms with E-state index in [1.165, 1.54) is 24.3 Å². The van der Waals surface area contributed by atoms with E-state index in [4.69, 9.17) is 23.2 Å². The van der Waals surface area contributed by atoms with Gasteiger partial charge < -0.3 is 0 Å². The van der Waals surface area contributed by atoms with Gasteiger partial charge in [-0.1, -0.05) is 45.2 Å². The van der Waals surface area contributed by atoms with Crippen molar-refractivity contribution in [2.45, 2.75) is 4.83 Å². The third-order valence-corrected chi connectivity index (χ3v) is 5.04. The highest BCUT2D eigenvalue weighted by Crippen LogP contribution is 2.40. The molecule has 0 nitrogen and oxygen atoms in total. The van der Waals surface area contributed by atoms with Gasteiger partial charge in [0, 0.05) is 20.6 Å². The first-order valence-corrected chi connectivity index (χ1v) is 7.60. The second-order valence-corrected chi connectivity index (χ2v) is 6.37. The average Bonchev–Trinajstić information content (AvgIpc) is 2.33. The lowest BCUT2D eigenvalue weighted by Gasteiger charge is -2.15. The number of hydrogen-bond acceptors (Lipinski definition) is 0. The summed E-state index contributed by atoms with van der Waals surface area (Å²) in [5.74, 6) is -1.01. The van der Waals surface area contributed by atoms with E-state index in [2.05, 4.69) is 31.9 Å². The van der Waals surface area contributed by atoms with Crippen LogP contribution >= 0.6 is 55.1 Å². The van der Waals surface area contributed by atoms with Crippen molar-refractivity contribution in [1.82, 2.24) is 0 Å². The third kappa shape index (κ3) is 3.13. The smallest absolute Gasteiger partial charge is 0.129 e. The molecule has 0 aliphatic rings. The van der Waals surface area contributed by atoms with Crippen LogP contribution in [0.1, 0.15) is 16.0 Å². The van der Waals surface area contributed by atoms with Gasteiger partial charge in [-0.2, -0.15) is 0 Å². The van der Waals surface area contributed by atoms with E-state index in [1.54, 1.807) is 6.07 Å². The van der Waals surface area contributed by atoms with Gasteiger partial charge in [-0.3, -0.25) is 0 Å². The first kappa shape index (κ1) is 15.2. The summed E-state index contributed by atoms with van der Waals surface area (Å²) >= 11 is 18.3. The molecule has 0 radical (unpaired) electrons. The molecule has 6 heteroatoms. The van der Waals surface area contributed by atoms with E-state index in [-0.39, 0.29) is 16.1 Å². The first-order valence-electron chi connectivity index (χ1n) is 5.14. The zero-order valence-electron chi connectivity index (χ0n) is 9.23. The van der Waals surface area contributed by atoms with Crippen molar-refractivity contribution in [1.29, 1.82) is 0 Å². The Morgan fingerprint density at radius 1 is 1.00 bits per heavy atom. The molecule has 0 aromatic heterocycles. The van der Waals surface area contributed by atoms with E-state index in [0.29, 0.717) is 9.50 Å². The molecule has 19 heavy (non-hydrogen) atoms. The maximum absolute atomic E-state index is 13.9. The van der Waals surface area contributed by atoms with Gasteiger partial charge in [-0.05, 0) is 40.2 Å². The lowest BCUT2D eigenvalue weighted by atomic mass is 10.0. The van der Waals surface area contributed by atoms with E-state index in [1.807, 2.05) is 0 Å². The highest BCUT2D eigenvalue weighted by molar-refractivity contribution is 9.10. The molecule has 0 spiro atoms. The molecule has 2 aromatic rings. The highest BCUT2D eigenvalue weighted by atomic mass is 79.9. The Balaban J connectivity index is 2.56. The minimum Gasteiger partial charge on any atom is -0.207 e. The fourth-order valence-corrected chi connectivity index (χ4v) is 3.35. The monoisotopic (exact) mass is 428 g/mol. The van der Waals surface area contributed by atoms with Crippen molar-refractivity contribution in [3.8, 4) is 0 Å². The van der Waals surface area contributed by atoms with Crippen molar-refractivity contribution in [2.24, 2.45) is 0 Å². The van der Waals surface area contributed by atoms with Crippen molar-refractivity contribution < 1.29 is 8.78 Å². The number of halogens is 6. The summed E-state index contributed by atoms with van der Waals surface area (Å²) in [6.07, 6.45) is 0. The van der Waals surface area contributed by atoms with Gasteiger partial charge in [-0.25, -0.2) is 8.78 Å². The highest BCUT2D eigenvalue weighted by Gasteiger charge is 2.22. The Morgan fingerprint density at radius 2 is 1.68 bits per heavy atom. The van der Waals surface area contributed by atoms with Gasteiger partial charge in [0.2, 0.25) is 0 Å². The quantitative estimate of drug-likeness (QED) is 0.376. The largest absolute Gasteiger partial charge is 0.207 e. The average molecular weight is 431 g/mol. The SMILES string of the molecule is Fc1cc(Br)c(Cl)cc1C(Br)c1c(F)cccc1Cl. The second-order valence-electron chi connectivity index (χ2n) is 3.79. The maximum atomic E-state index is 13.9. The van der Waals surface area contributed by atoms with Crippen LogP contribution in [0.25, 0.3) is 0 Å². The molecule has 0 saturated carbocycles. The van der Waals surface area contributed by atoms with Crippen LogP contribution in [0.3, 0.4) is 0 Å². The fraction of sp³-hybridized carbons (Fsp3) is 0.0769. The van der Waals surface area contributed by atoms with Crippen molar-refractivity contribution in [3.05, 3.63) is 67.6 Å². The molecule has 0 aliphatic carbocycles. The van der Waals surface area contributed by atoms with E-state index < -0.39 is 16.5 Å². The maximum Gasteiger partial charge on any atom is 0.129 e. The molecular formula is C13H6Br2Cl2F2. The third-order valence-electron chi connectivity index (χ3n) is 2.57. The first-order chi connectivity index (χ1) is 8.91. The van der Waals surface area contributed by atoms with Crippen LogP contribution in [0.4, 0.5) is 8.78 Å². The lowest BCUT2D eigenvalue weighted by Crippen LogP contribution is -2.01. The van der Waals surface area contributed by atoms with E-state index in [0.717, 1.165) is 0 Å². The molecule has 0 aliphatic heterocycles. The molecule has 0 bridgehead atoms. The van der Waals surface area contributed by atoms with Crippen LogP contribution in [0, 0.1) is 11.6 Å². The Bertz CT molecular complexity index is 612. The van der Waals surface area contributed by atoms with Gasteiger partial charge in [0.15, 0.2) is 0 Å². The minimum atomic E-state index is -0.716. The minimum absolute atomic E-state index is 0.182. The van der Waals surface area contributed by atoms with Crippen LogP contribution in [-0.2, 0) is 0 Å². The van der Waals surface area contributed by atoms with Crippen molar-refractivity contribution in [3.63, 3.8) is 0 Å². The Kier molecular flexibility index (Phi) is 4.88. The molecule has 1 atom stereocenters. The molecule has 0 saturated heterocycles. The summed E-state index contributed by atoms with van der Waals surface area (Å²) in [5, 5.41) is 0.564. The zero-order chi connectivity index (χ0) is 14.2. The summed E-state index contributed by atoms with van der Waals surface area (Å²) in [7, 11) is 0. The molecular weight excluding hydrogens is 425 g/mol. The van der Waals surface area contributed by atoms with Crippen LogP contribution < -0.4 is 0 Å². The van der Waals surface area contributed by atoms with Crippen molar-refractivity contribution >= 4 is 55.1 Å². The van der Waals surface area contributed by atoms with Crippen LogP contribution in [0.15, 0.2) is 34.8 Å². The summed E-state index contributed by atoms with van der Waals surface area (Å²) in [5.41, 5.74) is 0.404. The van der Waals surface area contributed by atoms with Crippen LogP contribution in [0.2, 0.25) is 10.0 Å². The number of hydrogen-bond donors (Lipinski definition) is 0. The van der Waals surface area contributed by atoms with Crippen LogP contribution in [0.5, 0.6) is 0 Å². The second kappa shape index (κ2) is 6.08. The lowest BCUT2D eigenvalue weighted by molar-refractivity contribution is 0.598. The number of alkyl halides is 1. The van der Waals surface area contributed by atoms with Gasteiger partial charge >= 0.3 is 0 Å². The zero-order valence-corrected chi connectivity index (χ0v) is 13.9. The molecule has 0 N–H and O–H groups in total.